The van der Waals surface area contributed by atoms with E-state index in [0.29, 0.717) is 13.2 Å². The zero-order valence-electron chi connectivity index (χ0n) is 10.2. The maximum atomic E-state index is 12.0. The lowest BCUT2D eigenvalue weighted by Crippen LogP contribution is -2.36. The molecule has 2 aliphatic rings. The Bertz CT molecular complexity index is 291. The van der Waals surface area contributed by atoms with Gasteiger partial charge in [0.15, 0.2) is 5.60 Å². The molecule has 0 bridgehead atoms. The number of esters is 1. The predicted molar refractivity (Wildman–Crippen MR) is 58.1 cm³/mol. The van der Waals surface area contributed by atoms with E-state index in [9.17, 15) is 4.79 Å². The normalized spacial score (nSPS) is 41.3. The summed E-state index contributed by atoms with van der Waals surface area (Å²) in [5.41, 5.74) is -1.11. The fraction of sp³-hybridized carbons (Fsp3) is 0.917. The van der Waals surface area contributed by atoms with Gasteiger partial charge in [-0.1, -0.05) is 13.3 Å². The third-order valence-electron chi connectivity index (χ3n) is 3.49. The van der Waals surface area contributed by atoms with Gasteiger partial charge in [-0.2, -0.15) is 0 Å². The Morgan fingerprint density at radius 2 is 2.25 bits per heavy atom. The van der Waals surface area contributed by atoms with E-state index >= 15 is 0 Å². The van der Waals surface area contributed by atoms with Crippen molar-refractivity contribution < 1.29 is 19.0 Å². The van der Waals surface area contributed by atoms with Crippen LogP contribution in [-0.4, -0.2) is 36.5 Å². The summed E-state index contributed by atoms with van der Waals surface area (Å²) in [5, 5.41) is 0. The largest absolute Gasteiger partial charge is 0.464 e. The maximum Gasteiger partial charge on any atom is 0.341 e. The summed E-state index contributed by atoms with van der Waals surface area (Å²) in [7, 11) is 0. The monoisotopic (exact) mass is 228 g/mol. The average Bonchev–Trinajstić information content (AvgIpc) is 2.68. The molecule has 1 spiro atoms. The Labute approximate surface area is 96.2 Å². The van der Waals surface area contributed by atoms with Crippen LogP contribution in [0.5, 0.6) is 0 Å². The van der Waals surface area contributed by atoms with Gasteiger partial charge in [-0.3, -0.25) is 0 Å². The van der Waals surface area contributed by atoms with Crippen molar-refractivity contribution in [2.24, 2.45) is 0 Å². The molecule has 0 amide bonds. The number of carbonyl (C=O) groups excluding carboxylic acids is 1. The highest BCUT2D eigenvalue weighted by molar-refractivity contribution is 5.85. The number of hydrogen-bond acceptors (Lipinski definition) is 4. The minimum Gasteiger partial charge on any atom is -0.464 e. The van der Waals surface area contributed by atoms with Gasteiger partial charge in [0.25, 0.3) is 0 Å². The quantitative estimate of drug-likeness (QED) is 0.542. The van der Waals surface area contributed by atoms with Gasteiger partial charge in [0.1, 0.15) is 5.60 Å². The lowest BCUT2D eigenvalue weighted by molar-refractivity contribution is -0.149. The van der Waals surface area contributed by atoms with E-state index in [0.717, 1.165) is 19.3 Å². The highest BCUT2D eigenvalue weighted by atomic mass is 16.7. The molecule has 0 saturated carbocycles. The molecule has 0 N–H and O–H groups in total. The second-order valence-corrected chi connectivity index (χ2v) is 4.72. The molecule has 2 saturated heterocycles. The average molecular weight is 228 g/mol. The highest BCUT2D eigenvalue weighted by Crippen LogP contribution is 2.57. The Kier molecular flexibility index (Phi) is 2.97. The first-order valence-corrected chi connectivity index (χ1v) is 6.09. The molecule has 2 fully saturated rings. The van der Waals surface area contributed by atoms with Crippen LogP contribution < -0.4 is 0 Å². The van der Waals surface area contributed by atoms with Gasteiger partial charge in [0.2, 0.25) is 0 Å². The highest BCUT2D eigenvalue weighted by Gasteiger charge is 2.76. The topological polar surface area (TPSA) is 48.1 Å². The van der Waals surface area contributed by atoms with Crippen LogP contribution in [0.3, 0.4) is 0 Å². The van der Waals surface area contributed by atoms with Crippen LogP contribution in [-0.2, 0) is 19.0 Å². The zero-order valence-corrected chi connectivity index (χ0v) is 10.2. The molecule has 16 heavy (non-hydrogen) atoms. The van der Waals surface area contributed by atoms with Crippen LogP contribution in [0.1, 0.15) is 40.0 Å². The van der Waals surface area contributed by atoms with Crippen LogP contribution in [0.15, 0.2) is 0 Å². The molecule has 2 rings (SSSR count). The van der Waals surface area contributed by atoms with E-state index in [1.807, 2.05) is 13.8 Å². The molecule has 0 aromatic rings. The van der Waals surface area contributed by atoms with Crippen LogP contribution in [0.25, 0.3) is 0 Å². The molecule has 92 valence electrons. The molecule has 2 aliphatic heterocycles. The van der Waals surface area contributed by atoms with Gasteiger partial charge in [0.05, 0.1) is 19.3 Å². The summed E-state index contributed by atoms with van der Waals surface area (Å²) >= 11 is 0. The van der Waals surface area contributed by atoms with Crippen molar-refractivity contribution in [3.05, 3.63) is 0 Å². The smallest absolute Gasteiger partial charge is 0.341 e. The van der Waals surface area contributed by atoms with Crippen LogP contribution >= 0.6 is 0 Å². The number of epoxide rings is 1. The van der Waals surface area contributed by atoms with E-state index < -0.39 is 11.2 Å². The summed E-state index contributed by atoms with van der Waals surface area (Å²) in [5.74, 6) is -0.213. The summed E-state index contributed by atoms with van der Waals surface area (Å²) < 4.78 is 16.4. The minimum atomic E-state index is -0.720. The Morgan fingerprint density at radius 1 is 1.50 bits per heavy atom. The lowest BCUT2D eigenvalue weighted by Gasteiger charge is -2.13. The molecule has 0 aromatic carbocycles. The van der Waals surface area contributed by atoms with Crippen LogP contribution in [0, 0.1) is 0 Å². The Balaban J connectivity index is 2.11. The molecular formula is C12H20O4. The standard InChI is InChI=1S/C12H20O4/c1-4-6-12(10(13)14-5-2)11(16-12)7-9(3)15-8-11/h9H,4-8H2,1-3H3. The number of hydrogen-bond donors (Lipinski definition) is 0. The molecule has 2 heterocycles. The molecule has 3 atom stereocenters. The first kappa shape index (κ1) is 11.9. The van der Waals surface area contributed by atoms with Gasteiger partial charge < -0.3 is 14.2 Å². The molecule has 0 aromatic heterocycles. The van der Waals surface area contributed by atoms with Crippen LogP contribution in [0.4, 0.5) is 0 Å². The van der Waals surface area contributed by atoms with Crippen molar-refractivity contribution in [2.75, 3.05) is 13.2 Å². The number of rotatable bonds is 4. The van der Waals surface area contributed by atoms with Crippen molar-refractivity contribution >= 4 is 5.97 Å². The van der Waals surface area contributed by atoms with Crippen molar-refractivity contribution in [3.63, 3.8) is 0 Å². The van der Waals surface area contributed by atoms with E-state index in [4.69, 9.17) is 14.2 Å². The SMILES string of the molecule is CCCC1(C(=O)OCC)OC12COC(C)C2. The van der Waals surface area contributed by atoms with E-state index in [1.54, 1.807) is 0 Å². The van der Waals surface area contributed by atoms with Crippen molar-refractivity contribution in [1.29, 1.82) is 0 Å². The third-order valence-corrected chi connectivity index (χ3v) is 3.49. The predicted octanol–water partition coefficient (Wildman–Crippen LogP) is 1.67. The van der Waals surface area contributed by atoms with Crippen molar-refractivity contribution in [2.45, 2.75) is 57.3 Å². The fourth-order valence-electron chi connectivity index (χ4n) is 2.73. The van der Waals surface area contributed by atoms with E-state index in [-0.39, 0.29) is 12.1 Å². The molecule has 0 radical (unpaired) electrons. The van der Waals surface area contributed by atoms with Gasteiger partial charge in [-0.25, -0.2) is 4.79 Å². The first-order valence-electron chi connectivity index (χ1n) is 6.09. The third kappa shape index (κ3) is 1.55. The minimum absolute atomic E-state index is 0.174. The molecule has 3 unspecified atom stereocenters. The molecule has 4 nitrogen and oxygen atoms in total. The Hall–Kier alpha value is -0.610. The Morgan fingerprint density at radius 3 is 2.75 bits per heavy atom. The number of ether oxygens (including phenoxy) is 3. The summed E-state index contributed by atoms with van der Waals surface area (Å²) in [4.78, 5) is 12.0. The van der Waals surface area contributed by atoms with Gasteiger partial charge in [-0.05, 0) is 20.3 Å². The summed E-state index contributed by atoms with van der Waals surface area (Å²) in [6.07, 6.45) is 2.61. The van der Waals surface area contributed by atoms with Gasteiger partial charge >= 0.3 is 5.97 Å². The van der Waals surface area contributed by atoms with Gasteiger partial charge in [0, 0.05) is 6.42 Å². The van der Waals surface area contributed by atoms with Crippen molar-refractivity contribution in [3.8, 4) is 0 Å². The maximum absolute atomic E-state index is 12.0. The molecule has 4 heteroatoms. The second-order valence-electron chi connectivity index (χ2n) is 4.72. The second kappa shape index (κ2) is 4.00. The van der Waals surface area contributed by atoms with Gasteiger partial charge in [-0.15, -0.1) is 0 Å². The number of carbonyl (C=O) groups is 1. The lowest BCUT2D eigenvalue weighted by atomic mass is 9.87. The zero-order chi connectivity index (χ0) is 11.8. The summed E-state index contributed by atoms with van der Waals surface area (Å²) in [6.45, 7) is 6.81. The fourth-order valence-corrected chi connectivity index (χ4v) is 2.73. The van der Waals surface area contributed by atoms with Crippen molar-refractivity contribution in [1.82, 2.24) is 0 Å². The molecule has 0 aliphatic carbocycles. The van der Waals surface area contributed by atoms with E-state index in [2.05, 4.69) is 6.92 Å². The van der Waals surface area contributed by atoms with Crippen LogP contribution in [0.2, 0.25) is 0 Å². The summed E-state index contributed by atoms with van der Waals surface area (Å²) in [6, 6.07) is 0. The first-order chi connectivity index (χ1) is 7.60. The molecular weight excluding hydrogens is 208 g/mol. The van der Waals surface area contributed by atoms with E-state index in [1.165, 1.54) is 0 Å².